The Hall–Kier alpha value is -2.18. The summed E-state index contributed by atoms with van der Waals surface area (Å²) in [5, 5.41) is 7.40. The van der Waals surface area contributed by atoms with Crippen LogP contribution < -0.4 is 15.0 Å². The molecule has 0 saturated carbocycles. The van der Waals surface area contributed by atoms with Gasteiger partial charge in [-0.1, -0.05) is 0 Å². The molecule has 1 fully saturated rings. The Morgan fingerprint density at radius 2 is 1.97 bits per heavy atom. The first-order chi connectivity index (χ1) is 15.8. The summed E-state index contributed by atoms with van der Waals surface area (Å²) in [5.74, 6) is 0.645. The Kier molecular flexibility index (Phi) is 7.93. The minimum absolute atomic E-state index is 0.0279. The number of hydrogen-bond donors (Lipinski definition) is 1. The molecule has 2 aromatic rings. The largest absolute Gasteiger partial charge is 0.493 e. The van der Waals surface area contributed by atoms with E-state index in [1.165, 1.54) is 23.7 Å². The zero-order valence-corrected chi connectivity index (χ0v) is 22.9. The van der Waals surface area contributed by atoms with Crippen LogP contribution in [0.15, 0.2) is 27.8 Å². The van der Waals surface area contributed by atoms with Crippen LogP contribution in [0, 0.1) is 5.92 Å². The highest BCUT2D eigenvalue weighted by Gasteiger charge is 2.34. The number of amides is 1. The van der Waals surface area contributed by atoms with Crippen LogP contribution in [0.2, 0.25) is 0 Å². The number of hydrogen-bond acceptors (Lipinski definition) is 7. The summed E-state index contributed by atoms with van der Waals surface area (Å²) in [5.41, 5.74) is 0.508. The number of sulfonamides is 1. The maximum atomic E-state index is 13.3. The van der Waals surface area contributed by atoms with E-state index in [1.807, 2.05) is 46.0 Å². The van der Waals surface area contributed by atoms with Crippen LogP contribution in [0.4, 0.5) is 5.82 Å². The molecular weight excluding hydrogens is 524 g/mol. The molecule has 10 nitrogen and oxygen atoms in total. The average molecular weight is 558 g/mol. The molecule has 3 rings (SSSR count). The Morgan fingerprint density at radius 3 is 2.50 bits per heavy atom. The standard InChI is InChI=1S/C22H33BrN6O4S/c1-22(2,3)25-21(30)15-7-9-29(10-8-15)34(31,32)16-11-19(33-6)20(24-12-16)27(4)14-18-17(23)13-28(5)26-18/h11-13,15H,7-10,14H2,1-6H3,(H,25,30). The van der Waals surface area contributed by atoms with Gasteiger partial charge in [0.2, 0.25) is 15.9 Å². The zero-order chi connectivity index (χ0) is 25.3. The van der Waals surface area contributed by atoms with E-state index in [1.54, 1.807) is 4.68 Å². The van der Waals surface area contributed by atoms with Gasteiger partial charge in [0.15, 0.2) is 11.6 Å². The molecule has 0 spiro atoms. The van der Waals surface area contributed by atoms with Crippen molar-refractivity contribution in [2.75, 3.05) is 32.1 Å². The van der Waals surface area contributed by atoms with Gasteiger partial charge in [0.25, 0.3) is 0 Å². The Labute approximate surface area is 209 Å². The van der Waals surface area contributed by atoms with Crippen LogP contribution in [0.3, 0.4) is 0 Å². The first-order valence-corrected chi connectivity index (χ1v) is 13.3. The lowest BCUT2D eigenvalue weighted by atomic mass is 9.96. The second-order valence-corrected chi connectivity index (χ2v) is 12.4. The molecule has 0 aliphatic carbocycles. The molecule has 0 aromatic carbocycles. The van der Waals surface area contributed by atoms with Gasteiger partial charge in [-0.2, -0.15) is 9.40 Å². The van der Waals surface area contributed by atoms with Gasteiger partial charge in [-0.15, -0.1) is 0 Å². The normalized spacial score (nSPS) is 15.9. The van der Waals surface area contributed by atoms with Crippen molar-refractivity contribution in [1.29, 1.82) is 0 Å². The van der Waals surface area contributed by atoms with Crippen molar-refractivity contribution >= 4 is 37.7 Å². The van der Waals surface area contributed by atoms with E-state index in [4.69, 9.17) is 4.74 Å². The van der Waals surface area contributed by atoms with Crippen molar-refractivity contribution in [2.45, 2.75) is 50.6 Å². The molecular formula is C22H33BrN6O4S. The molecule has 1 aliphatic rings. The molecule has 188 valence electrons. The number of aryl methyl sites for hydroxylation is 1. The monoisotopic (exact) mass is 556 g/mol. The van der Waals surface area contributed by atoms with E-state index in [0.717, 1.165) is 10.2 Å². The molecule has 12 heteroatoms. The highest BCUT2D eigenvalue weighted by atomic mass is 79.9. The lowest BCUT2D eigenvalue weighted by molar-refractivity contribution is -0.127. The lowest BCUT2D eigenvalue weighted by Crippen LogP contribution is -2.47. The van der Waals surface area contributed by atoms with Crippen LogP contribution in [-0.4, -0.2) is 66.2 Å². The predicted molar refractivity (Wildman–Crippen MR) is 133 cm³/mol. The van der Waals surface area contributed by atoms with Crippen LogP contribution in [0.25, 0.3) is 0 Å². The van der Waals surface area contributed by atoms with Crippen LogP contribution >= 0.6 is 15.9 Å². The first kappa shape index (κ1) is 26.4. The number of rotatable bonds is 7. The number of anilines is 1. The molecule has 1 N–H and O–H groups in total. The highest BCUT2D eigenvalue weighted by Crippen LogP contribution is 2.31. The molecule has 0 bridgehead atoms. The maximum Gasteiger partial charge on any atom is 0.244 e. The van der Waals surface area contributed by atoms with E-state index < -0.39 is 10.0 Å². The van der Waals surface area contributed by atoms with Gasteiger partial charge in [0, 0.05) is 57.1 Å². The fraction of sp³-hybridized carbons (Fsp3) is 0.591. The summed E-state index contributed by atoms with van der Waals surface area (Å²) in [6.45, 7) is 6.81. The van der Waals surface area contributed by atoms with Gasteiger partial charge in [0.05, 0.1) is 23.8 Å². The summed E-state index contributed by atoms with van der Waals surface area (Å²) in [4.78, 5) is 18.8. The van der Waals surface area contributed by atoms with E-state index in [0.29, 0.717) is 31.0 Å². The third-order valence-electron chi connectivity index (χ3n) is 5.59. The second kappa shape index (κ2) is 10.2. The third kappa shape index (κ3) is 6.08. The zero-order valence-electron chi connectivity index (χ0n) is 20.5. The Morgan fingerprint density at radius 1 is 1.32 bits per heavy atom. The van der Waals surface area contributed by atoms with Crippen molar-refractivity contribution < 1.29 is 17.9 Å². The van der Waals surface area contributed by atoms with Crippen LogP contribution in [0.5, 0.6) is 5.75 Å². The molecule has 34 heavy (non-hydrogen) atoms. The average Bonchev–Trinajstić information content (AvgIpc) is 3.08. The molecule has 1 aliphatic heterocycles. The number of carbonyl (C=O) groups is 1. The van der Waals surface area contributed by atoms with Gasteiger partial charge in [-0.3, -0.25) is 9.48 Å². The van der Waals surface area contributed by atoms with Gasteiger partial charge >= 0.3 is 0 Å². The maximum absolute atomic E-state index is 13.3. The highest BCUT2D eigenvalue weighted by molar-refractivity contribution is 9.10. The summed E-state index contributed by atoms with van der Waals surface area (Å²) in [6.07, 6.45) is 4.17. The minimum Gasteiger partial charge on any atom is -0.493 e. The molecule has 1 amide bonds. The van der Waals surface area contributed by atoms with E-state index >= 15 is 0 Å². The van der Waals surface area contributed by atoms with Crippen molar-refractivity contribution in [3.8, 4) is 5.75 Å². The number of pyridine rings is 1. The number of halogens is 1. The van der Waals surface area contributed by atoms with Gasteiger partial charge in [0.1, 0.15) is 4.90 Å². The number of methoxy groups -OCH3 is 1. The molecule has 1 saturated heterocycles. The quantitative estimate of drug-likeness (QED) is 0.557. The van der Waals surface area contributed by atoms with Crippen molar-refractivity contribution in [1.82, 2.24) is 24.4 Å². The number of nitrogens with one attached hydrogen (secondary N) is 1. The third-order valence-corrected chi connectivity index (χ3v) is 8.12. The molecule has 3 heterocycles. The van der Waals surface area contributed by atoms with Crippen LogP contribution in [-0.2, 0) is 28.4 Å². The fourth-order valence-electron chi connectivity index (χ4n) is 3.89. The molecule has 2 aromatic heterocycles. The second-order valence-electron chi connectivity index (χ2n) is 9.57. The van der Waals surface area contributed by atoms with Crippen molar-refractivity contribution in [2.24, 2.45) is 13.0 Å². The van der Waals surface area contributed by atoms with Gasteiger partial charge < -0.3 is 15.0 Å². The number of piperidine rings is 1. The Bertz CT molecular complexity index is 1140. The SMILES string of the molecule is COc1cc(S(=O)(=O)N2CCC(C(=O)NC(C)(C)C)CC2)cnc1N(C)Cc1nn(C)cc1Br. The van der Waals surface area contributed by atoms with E-state index in [2.05, 4.69) is 31.3 Å². The number of ether oxygens (including phenoxy) is 1. The number of nitrogens with zero attached hydrogens (tertiary/aromatic N) is 5. The van der Waals surface area contributed by atoms with Crippen molar-refractivity contribution in [3.05, 3.63) is 28.6 Å². The van der Waals surface area contributed by atoms with E-state index in [-0.39, 0.29) is 35.3 Å². The summed E-state index contributed by atoms with van der Waals surface area (Å²) in [7, 11) is 1.40. The van der Waals surface area contributed by atoms with Gasteiger partial charge in [-0.25, -0.2) is 13.4 Å². The minimum atomic E-state index is -3.77. The summed E-state index contributed by atoms with van der Waals surface area (Å²) >= 11 is 3.49. The molecule has 0 atom stereocenters. The molecule has 0 unspecified atom stereocenters. The summed E-state index contributed by atoms with van der Waals surface area (Å²) in [6, 6.07) is 1.50. The van der Waals surface area contributed by atoms with Gasteiger partial charge in [-0.05, 0) is 49.5 Å². The van der Waals surface area contributed by atoms with Crippen LogP contribution in [0.1, 0.15) is 39.3 Å². The predicted octanol–water partition coefficient (Wildman–Crippen LogP) is 2.54. The number of aromatic nitrogens is 3. The van der Waals surface area contributed by atoms with Crippen molar-refractivity contribution in [3.63, 3.8) is 0 Å². The fourth-order valence-corrected chi connectivity index (χ4v) is 5.82. The lowest BCUT2D eigenvalue weighted by Gasteiger charge is -2.32. The van der Waals surface area contributed by atoms with E-state index in [9.17, 15) is 13.2 Å². The topological polar surface area (TPSA) is 110 Å². The smallest absolute Gasteiger partial charge is 0.244 e. The molecule has 0 radical (unpaired) electrons. The first-order valence-electron chi connectivity index (χ1n) is 11.1. The number of carbonyl (C=O) groups excluding carboxylic acids is 1. The summed E-state index contributed by atoms with van der Waals surface area (Å²) < 4.78 is 36.0. The Balaban J connectivity index is 1.73.